The molecule has 0 heterocycles. The van der Waals surface area contributed by atoms with Gasteiger partial charge in [-0.2, -0.15) is 0 Å². The molecule has 0 rings (SSSR count). The van der Waals surface area contributed by atoms with Crippen LogP contribution in [0.5, 0.6) is 0 Å². The number of rotatable bonds is 81. The molecular formula is C93H156O16P2. The van der Waals surface area contributed by atoms with Crippen molar-refractivity contribution in [3.63, 3.8) is 0 Å². The molecule has 4 N–H and O–H groups in total. The largest absolute Gasteiger partial charge is 0.472 e. The number of unbranched alkanes of at least 4 members (excludes halogenated alkanes) is 30. The zero-order chi connectivity index (χ0) is 80.8. The number of allylic oxidation sites excluding steroid dienone is 28. The molecule has 5 atom stereocenters. The van der Waals surface area contributed by atoms with Gasteiger partial charge in [0.15, 0.2) is 6.10 Å². The normalized spacial score (nSPS) is 14.7. The molecule has 16 nitrogen and oxygen atoms in total. The molecule has 0 aliphatic carbocycles. The van der Waals surface area contributed by atoms with E-state index in [9.17, 15) is 43.5 Å². The summed E-state index contributed by atoms with van der Waals surface area (Å²) < 4.78 is 61.3. The zero-order valence-corrected chi connectivity index (χ0v) is 71.4. The first-order chi connectivity index (χ1) is 54.2. The van der Waals surface area contributed by atoms with Crippen LogP contribution in [0.15, 0.2) is 170 Å². The maximum absolute atomic E-state index is 13.0. The van der Waals surface area contributed by atoms with Crippen LogP contribution in [-0.4, -0.2) is 95.9 Å². The Balaban J connectivity index is 4.51. The lowest BCUT2D eigenvalue weighted by atomic mass is 10.0. The number of hydrogen-bond donors (Lipinski definition) is 4. The highest BCUT2D eigenvalue weighted by molar-refractivity contribution is 7.47. The van der Waals surface area contributed by atoms with Crippen molar-refractivity contribution in [2.24, 2.45) is 0 Å². The van der Waals surface area contributed by atoms with Crippen LogP contribution in [-0.2, 0) is 55.8 Å². The molecule has 0 amide bonds. The third-order valence-electron chi connectivity index (χ3n) is 17.9. The lowest BCUT2D eigenvalue weighted by Crippen LogP contribution is -2.30. The van der Waals surface area contributed by atoms with E-state index >= 15 is 0 Å². The van der Waals surface area contributed by atoms with Crippen molar-refractivity contribution < 1.29 is 75.8 Å². The minimum atomic E-state index is -4.94. The van der Waals surface area contributed by atoms with E-state index in [4.69, 9.17) is 32.3 Å². The van der Waals surface area contributed by atoms with Crippen molar-refractivity contribution in [2.75, 3.05) is 39.6 Å². The lowest BCUT2D eigenvalue weighted by molar-refractivity contribution is -0.161. The first kappa shape index (κ1) is 106. The molecular weight excluding hydrogens is 1430 g/mol. The van der Waals surface area contributed by atoms with Crippen LogP contribution in [0.2, 0.25) is 0 Å². The summed E-state index contributed by atoms with van der Waals surface area (Å²) in [5, 5.41) is 20.7. The van der Waals surface area contributed by atoms with Gasteiger partial charge in [0, 0.05) is 19.3 Å². The standard InChI is InChI=1S/C93H156O16P2/c1-4-7-10-13-16-19-22-25-28-30-32-34-36-38-40-42-43-45-47-48-50-52-54-56-59-61-64-67-70-73-76-79-91(96)103-82-88(94)83-105-110(99,100)106-84-89(95)85-107-111(101,102)108-87-90(109-93(98)81-78-75-72-69-66-63-58-27-24-21-18-15-12-9-6-3)86-104-92(97)80-77-74-71-68-65-62-60-57-55-53-51-49-46-44-41-39-37-35-33-31-29-26-23-20-17-14-11-8-5-2/h7-12,16-21,25-29,32-35,38-41,46,49,58,88-90,94-95H,4-6,13-15,22-24,30-31,36-37,42-45,47-48,50-57,59-87H2,1-3H3,(H,99,100)(H,101,102)/b10-7-,11-8-,12-9-,19-16-,20-17-,21-18-,28-25-,29-26-,34-32-,35-33-,40-38-,41-39-,49-46-,58-27-. The molecule has 0 aliphatic rings. The second-order valence-corrected chi connectivity index (χ2v) is 31.5. The van der Waals surface area contributed by atoms with E-state index in [1.807, 2.05) is 0 Å². The number of carbonyl (C=O) groups is 3. The molecule has 0 aliphatic heterocycles. The molecule has 634 valence electrons. The third-order valence-corrected chi connectivity index (χ3v) is 19.8. The molecule has 0 bridgehead atoms. The molecule has 0 spiro atoms. The van der Waals surface area contributed by atoms with Crippen molar-refractivity contribution >= 4 is 33.6 Å². The van der Waals surface area contributed by atoms with Gasteiger partial charge in [-0.3, -0.25) is 32.5 Å². The Morgan fingerprint density at radius 3 is 0.712 bits per heavy atom. The van der Waals surface area contributed by atoms with Gasteiger partial charge >= 0.3 is 33.6 Å². The molecule has 0 aromatic carbocycles. The third kappa shape index (κ3) is 85.6. The van der Waals surface area contributed by atoms with Crippen LogP contribution in [0.3, 0.4) is 0 Å². The smallest absolute Gasteiger partial charge is 0.463 e. The topological polar surface area (TPSA) is 231 Å². The van der Waals surface area contributed by atoms with E-state index in [1.54, 1.807) is 0 Å². The van der Waals surface area contributed by atoms with E-state index < -0.39 is 91.5 Å². The van der Waals surface area contributed by atoms with Crippen LogP contribution in [0.4, 0.5) is 0 Å². The number of aliphatic hydroxyl groups excluding tert-OH is 2. The minimum absolute atomic E-state index is 0.0799. The summed E-state index contributed by atoms with van der Waals surface area (Å²) in [6.07, 6.45) is 108. The fourth-order valence-corrected chi connectivity index (χ4v) is 13.0. The Kier molecular flexibility index (Phi) is 80.4. The fourth-order valence-electron chi connectivity index (χ4n) is 11.4. The van der Waals surface area contributed by atoms with Crippen LogP contribution in [0, 0.1) is 0 Å². The van der Waals surface area contributed by atoms with Gasteiger partial charge in [0.05, 0.1) is 26.4 Å². The number of ether oxygens (including phenoxy) is 3. The number of aliphatic hydroxyl groups is 2. The van der Waals surface area contributed by atoms with Gasteiger partial charge in [-0.1, -0.05) is 345 Å². The highest BCUT2D eigenvalue weighted by Crippen LogP contribution is 2.45. The summed E-state index contributed by atoms with van der Waals surface area (Å²) in [4.78, 5) is 58.8. The van der Waals surface area contributed by atoms with Gasteiger partial charge in [0.25, 0.3) is 0 Å². The van der Waals surface area contributed by atoms with Gasteiger partial charge < -0.3 is 34.2 Å². The fraction of sp³-hybridized carbons (Fsp3) is 0.667. The molecule has 0 radical (unpaired) electrons. The Hall–Kier alpha value is -5.09. The number of phosphoric ester groups is 2. The average Bonchev–Trinajstić information content (AvgIpc) is 0.971. The molecule has 18 heteroatoms. The molecule has 0 saturated heterocycles. The number of carbonyl (C=O) groups excluding carboxylic acids is 3. The Morgan fingerprint density at radius 1 is 0.252 bits per heavy atom. The minimum Gasteiger partial charge on any atom is -0.463 e. The summed E-state index contributed by atoms with van der Waals surface area (Å²) in [6, 6.07) is 0. The quantitative estimate of drug-likeness (QED) is 0.0146. The van der Waals surface area contributed by atoms with Gasteiger partial charge in [0.1, 0.15) is 25.4 Å². The Morgan fingerprint density at radius 2 is 0.450 bits per heavy atom. The van der Waals surface area contributed by atoms with E-state index in [2.05, 4.69) is 191 Å². The lowest BCUT2D eigenvalue weighted by Gasteiger charge is -2.21. The molecule has 5 unspecified atom stereocenters. The van der Waals surface area contributed by atoms with Gasteiger partial charge in [-0.15, -0.1) is 0 Å². The maximum Gasteiger partial charge on any atom is 0.472 e. The van der Waals surface area contributed by atoms with Gasteiger partial charge in [0.2, 0.25) is 0 Å². The SMILES string of the molecule is CC/C=C\C/C=C\C/C=C\C/C=C\C/C=C\C/C=C\CCCCCCCCCCCCC(=O)OCC(COP(=O)(O)OCC(O)COP(=O)(O)OCC(O)COC(=O)CCCCCCCCCCCCCCCCC/C=C\C/C=C\C/C=C\C/C=C\C/C=C\CC)OC(=O)CCCCCCC/C=C\C/C=C\C/C=C\CC. The summed E-state index contributed by atoms with van der Waals surface area (Å²) in [7, 11) is -9.81. The first-order valence-electron chi connectivity index (χ1n) is 43.4. The maximum atomic E-state index is 13.0. The molecule has 0 saturated carbocycles. The van der Waals surface area contributed by atoms with E-state index in [0.717, 1.165) is 173 Å². The molecule has 0 fully saturated rings. The summed E-state index contributed by atoms with van der Waals surface area (Å²) in [5.74, 6) is -1.60. The predicted molar refractivity (Wildman–Crippen MR) is 463 cm³/mol. The first-order valence-corrected chi connectivity index (χ1v) is 46.4. The van der Waals surface area contributed by atoms with Crippen LogP contribution in [0.1, 0.15) is 342 Å². The zero-order valence-electron chi connectivity index (χ0n) is 69.6. The summed E-state index contributed by atoms with van der Waals surface area (Å²) in [5.41, 5.74) is 0. The number of esters is 3. The van der Waals surface area contributed by atoms with Gasteiger partial charge in [-0.25, -0.2) is 9.13 Å². The second kappa shape index (κ2) is 84.3. The summed E-state index contributed by atoms with van der Waals surface area (Å²) in [6.45, 7) is 2.34. The molecule has 111 heavy (non-hydrogen) atoms. The Bertz CT molecular complexity index is 2700. The van der Waals surface area contributed by atoms with Crippen molar-refractivity contribution in [2.45, 2.75) is 360 Å². The highest BCUT2D eigenvalue weighted by atomic mass is 31.2. The van der Waals surface area contributed by atoms with E-state index in [-0.39, 0.29) is 19.3 Å². The number of hydrogen-bond acceptors (Lipinski definition) is 14. The average molecular weight is 1590 g/mol. The van der Waals surface area contributed by atoms with Crippen LogP contribution >= 0.6 is 15.6 Å². The van der Waals surface area contributed by atoms with Crippen LogP contribution in [0.25, 0.3) is 0 Å². The van der Waals surface area contributed by atoms with Crippen molar-refractivity contribution in [1.29, 1.82) is 0 Å². The van der Waals surface area contributed by atoms with Gasteiger partial charge in [-0.05, 0) is 148 Å². The highest BCUT2D eigenvalue weighted by Gasteiger charge is 2.29. The molecule has 0 aromatic rings. The van der Waals surface area contributed by atoms with E-state index in [1.165, 1.54) is 109 Å². The van der Waals surface area contributed by atoms with Crippen LogP contribution < -0.4 is 0 Å². The summed E-state index contributed by atoms with van der Waals surface area (Å²) >= 11 is 0. The van der Waals surface area contributed by atoms with Crippen molar-refractivity contribution in [1.82, 2.24) is 0 Å². The predicted octanol–water partition coefficient (Wildman–Crippen LogP) is 26.3. The number of phosphoric acid groups is 2. The van der Waals surface area contributed by atoms with Crippen molar-refractivity contribution in [3.05, 3.63) is 170 Å². The van der Waals surface area contributed by atoms with Crippen molar-refractivity contribution in [3.8, 4) is 0 Å². The second-order valence-electron chi connectivity index (χ2n) is 28.5. The molecule has 0 aromatic heterocycles. The monoisotopic (exact) mass is 1590 g/mol. The Labute approximate surface area is 675 Å². The van der Waals surface area contributed by atoms with E-state index in [0.29, 0.717) is 19.3 Å².